The van der Waals surface area contributed by atoms with Crippen molar-refractivity contribution in [3.8, 4) is 11.4 Å². The second-order valence-electron chi connectivity index (χ2n) is 5.28. The Hall–Kier alpha value is -3.06. The minimum absolute atomic E-state index is 0.0345. The summed E-state index contributed by atoms with van der Waals surface area (Å²) in [5.74, 6) is 0.0743. The van der Waals surface area contributed by atoms with Gasteiger partial charge in [0.1, 0.15) is 11.6 Å². The Morgan fingerprint density at radius 2 is 2.04 bits per heavy atom. The molecule has 1 N–H and O–H groups in total. The molecule has 3 rings (SSSR count). The van der Waals surface area contributed by atoms with Crippen molar-refractivity contribution in [3.63, 3.8) is 0 Å². The van der Waals surface area contributed by atoms with Crippen LogP contribution in [0.3, 0.4) is 0 Å². The molecule has 0 aliphatic heterocycles. The van der Waals surface area contributed by atoms with Crippen LogP contribution >= 0.6 is 0 Å². The van der Waals surface area contributed by atoms with Crippen LogP contribution in [-0.4, -0.2) is 19.6 Å². The zero-order valence-corrected chi connectivity index (χ0v) is 12.5. The highest BCUT2D eigenvalue weighted by Gasteiger charge is 2.15. The number of aromatic nitrogens is 2. The Labute approximate surface area is 137 Å². The molecule has 0 amide bonds. The summed E-state index contributed by atoms with van der Waals surface area (Å²) in [6, 6.07) is 11.9. The van der Waals surface area contributed by atoms with Crippen molar-refractivity contribution >= 4 is 5.69 Å². The van der Waals surface area contributed by atoms with Gasteiger partial charge >= 0.3 is 0 Å². The van der Waals surface area contributed by atoms with Gasteiger partial charge in [0.05, 0.1) is 17.6 Å². The van der Waals surface area contributed by atoms with E-state index in [4.69, 9.17) is 0 Å². The fourth-order valence-corrected chi connectivity index (χ4v) is 2.48. The molecule has 1 aromatic heterocycles. The van der Waals surface area contributed by atoms with Crippen molar-refractivity contribution in [1.82, 2.24) is 9.55 Å². The maximum absolute atomic E-state index is 13.3. The molecular weight excluding hydrogens is 313 g/mol. The number of hydrogen-bond acceptors (Lipinski definition) is 4. The lowest BCUT2D eigenvalue weighted by atomic mass is 10.1. The molecule has 1 atom stereocenters. The second-order valence-corrected chi connectivity index (χ2v) is 5.28. The minimum Gasteiger partial charge on any atom is -0.387 e. The quantitative estimate of drug-likeness (QED) is 0.576. The van der Waals surface area contributed by atoms with Gasteiger partial charge in [0.2, 0.25) is 0 Å². The van der Waals surface area contributed by atoms with Gasteiger partial charge in [0.15, 0.2) is 0 Å². The van der Waals surface area contributed by atoms with Gasteiger partial charge in [-0.15, -0.1) is 0 Å². The molecule has 7 heteroatoms. The van der Waals surface area contributed by atoms with E-state index < -0.39 is 16.8 Å². The molecule has 6 nitrogen and oxygen atoms in total. The van der Waals surface area contributed by atoms with Gasteiger partial charge in [0, 0.05) is 30.1 Å². The van der Waals surface area contributed by atoms with Gasteiger partial charge in [-0.3, -0.25) is 10.1 Å². The Morgan fingerprint density at radius 1 is 1.25 bits per heavy atom. The van der Waals surface area contributed by atoms with E-state index in [2.05, 4.69) is 4.98 Å². The lowest BCUT2D eigenvalue weighted by Crippen LogP contribution is -2.09. The molecule has 24 heavy (non-hydrogen) atoms. The highest BCUT2D eigenvalue weighted by molar-refractivity contribution is 5.59. The van der Waals surface area contributed by atoms with Gasteiger partial charge < -0.3 is 9.67 Å². The molecule has 1 heterocycles. The van der Waals surface area contributed by atoms with Crippen LogP contribution in [0.25, 0.3) is 11.4 Å². The fourth-order valence-electron chi connectivity index (χ4n) is 2.48. The molecule has 0 saturated heterocycles. The van der Waals surface area contributed by atoms with Crippen molar-refractivity contribution in [3.05, 3.63) is 82.4 Å². The van der Waals surface area contributed by atoms with E-state index in [9.17, 15) is 19.6 Å². The molecule has 3 aromatic rings. The maximum Gasteiger partial charge on any atom is 0.270 e. The van der Waals surface area contributed by atoms with Crippen LogP contribution in [0.1, 0.15) is 11.7 Å². The number of halogens is 1. The Kier molecular flexibility index (Phi) is 4.35. The normalized spacial score (nSPS) is 12.1. The van der Waals surface area contributed by atoms with E-state index in [1.165, 1.54) is 30.3 Å². The minimum atomic E-state index is -0.924. The highest BCUT2D eigenvalue weighted by Crippen LogP contribution is 2.24. The van der Waals surface area contributed by atoms with Crippen molar-refractivity contribution in [2.24, 2.45) is 0 Å². The van der Waals surface area contributed by atoms with E-state index in [0.29, 0.717) is 17.0 Å². The van der Waals surface area contributed by atoms with Crippen molar-refractivity contribution in [2.45, 2.75) is 12.6 Å². The molecular formula is C17H14FN3O3. The van der Waals surface area contributed by atoms with Crippen LogP contribution in [-0.2, 0) is 6.54 Å². The van der Waals surface area contributed by atoms with E-state index in [-0.39, 0.29) is 12.2 Å². The molecule has 0 aliphatic carbocycles. The molecule has 0 spiro atoms. The van der Waals surface area contributed by atoms with E-state index in [1.54, 1.807) is 35.2 Å². The molecule has 0 unspecified atom stereocenters. The summed E-state index contributed by atoms with van der Waals surface area (Å²) in [4.78, 5) is 14.6. The number of nitrogens with zero attached hydrogens (tertiary/aromatic N) is 3. The highest BCUT2D eigenvalue weighted by atomic mass is 19.1. The smallest absolute Gasteiger partial charge is 0.270 e. The van der Waals surface area contributed by atoms with Gasteiger partial charge in [-0.25, -0.2) is 9.37 Å². The maximum atomic E-state index is 13.3. The monoisotopic (exact) mass is 327 g/mol. The second kappa shape index (κ2) is 6.59. The first kappa shape index (κ1) is 15.8. The number of rotatable bonds is 5. The average molecular weight is 327 g/mol. The molecule has 0 saturated carbocycles. The molecule has 2 aromatic carbocycles. The number of imidazole rings is 1. The summed E-state index contributed by atoms with van der Waals surface area (Å²) in [6.45, 7) is 0.154. The van der Waals surface area contributed by atoms with Crippen molar-refractivity contribution in [2.75, 3.05) is 0 Å². The number of benzene rings is 2. The van der Waals surface area contributed by atoms with Crippen LogP contribution in [0.4, 0.5) is 10.1 Å². The summed E-state index contributed by atoms with van der Waals surface area (Å²) >= 11 is 0. The Bertz CT molecular complexity index is 879. The number of hydrogen-bond donors (Lipinski definition) is 1. The molecule has 0 fully saturated rings. The van der Waals surface area contributed by atoms with Crippen molar-refractivity contribution in [1.29, 1.82) is 0 Å². The number of non-ortho nitro benzene ring substituents is 1. The van der Waals surface area contributed by atoms with E-state index in [0.717, 1.165) is 0 Å². The predicted molar refractivity (Wildman–Crippen MR) is 85.7 cm³/mol. The fraction of sp³-hybridized carbons (Fsp3) is 0.118. The molecule has 0 radical (unpaired) electrons. The first-order valence-corrected chi connectivity index (χ1v) is 7.24. The molecule has 0 bridgehead atoms. The molecule has 0 aliphatic rings. The van der Waals surface area contributed by atoms with Crippen LogP contribution in [0, 0.1) is 15.9 Å². The third-order valence-corrected chi connectivity index (χ3v) is 3.63. The number of aliphatic hydroxyl groups is 1. The topological polar surface area (TPSA) is 81.2 Å². The van der Waals surface area contributed by atoms with Crippen LogP contribution in [0.15, 0.2) is 60.9 Å². The standard InChI is InChI=1S/C17H14FN3O3/c18-14-5-1-3-12(9-14)16(22)11-20-8-7-19-17(20)13-4-2-6-15(10-13)21(23)24/h1-10,16,22H,11H2/t16-/m1/s1. The third-order valence-electron chi connectivity index (χ3n) is 3.63. The summed E-state index contributed by atoms with van der Waals surface area (Å²) < 4.78 is 15.0. The Balaban J connectivity index is 1.88. The summed E-state index contributed by atoms with van der Waals surface area (Å²) in [7, 11) is 0. The average Bonchev–Trinajstić information content (AvgIpc) is 3.03. The first-order chi connectivity index (χ1) is 11.5. The molecule has 122 valence electrons. The van der Waals surface area contributed by atoms with Crippen LogP contribution in [0.2, 0.25) is 0 Å². The van der Waals surface area contributed by atoms with Crippen molar-refractivity contribution < 1.29 is 14.4 Å². The SMILES string of the molecule is O=[N+]([O-])c1cccc(-c2nccn2C[C@@H](O)c2cccc(F)c2)c1. The predicted octanol–water partition coefficient (Wildman–Crippen LogP) is 3.33. The summed E-state index contributed by atoms with van der Waals surface area (Å²) in [6.07, 6.45) is 2.29. The summed E-state index contributed by atoms with van der Waals surface area (Å²) in [5.41, 5.74) is 0.988. The lowest BCUT2D eigenvalue weighted by molar-refractivity contribution is -0.384. The van der Waals surface area contributed by atoms with E-state index >= 15 is 0 Å². The number of aliphatic hydroxyl groups excluding tert-OH is 1. The number of nitro benzene ring substituents is 1. The third kappa shape index (κ3) is 3.31. The van der Waals surface area contributed by atoms with Gasteiger partial charge in [-0.1, -0.05) is 24.3 Å². The Morgan fingerprint density at radius 3 is 2.79 bits per heavy atom. The van der Waals surface area contributed by atoms with Gasteiger partial charge in [-0.2, -0.15) is 0 Å². The van der Waals surface area contributed by atoms with E-state index in [1.807, 2.05) is 0 Å². The zero-order chi connectivity index (χ0) is 17.1. The zero-order valence-electron chi connectivity index (χ0n) is 12.5. The lowest BCUT2D eigenvalue weighted by Gasteiger charge is -2.14. The number of nitro groups is 1. The summed E-state index contributed by atoms with van der Waals surface area (Å²) in [5, 5.41) is 21.2. The van der Waals surface area contributed by atoms with Gasteiger partial charge in [0.25, 0.3) is 5.69 Å². The first-order valence-electron chi connectivity index (χ1n) is 7.24. The van der Waals surface area contributed by atoms with Crippen LogP contribution < -0.4 is 0 Å². The van der Waals surface area contributed by atoms with Gasteiger partial charge in [-0.05, 0) is 17.7 Å². The largest absolute Gasteiger partial charge is 0.387 e. The van der Waals surface area contributed by atoms with Crippen LogP contribution in [0.5, 0.6) is 0 Å².